The first-order valence-electron chi connectivity index (χ1n) is 6.81. The third-order valence-electron chi connectivity index (χ3n) is 3.92. The number of hydrogen-bond acceptors (Lipinski definition) is 4. The van der Waals surface area contributed by atoms with E-state index >= 15 is 0 Å². The molecule has 1 saturated heterocycles. The predicted octanol–water partition coefficient (Wildman–Crippen LogP) is -0.226. The number of urea groups is 1. The fourth-order valence-electron chi connectivity index (χ4n) is 1.96. The van der Waals surface area contributed by atoms with Crippen molar-refractivity contribution in [1.29, 1.82) is 0 Å². The van der Waals surface area contributed by atoms with Crippen molar-refractivity contribution in [2.24, 2.45) is 5.41 Å². The number of nitrogens with one attached hydrogen (secondary N) is 1. The summed E-state index contributed by atoms with van der Waals surface area (Å²) in [6.45, 7) is 4.50. The summed E-state index contributed by atoms with van der Waals surface area (Å²) in [5.74, 6) is -0.952. The summed E-state index contributed by atoms with van der Waals surface area (Å²) < 4.78 is 24.1. The van der Waals surface area contributed by atoms with Crippen LogP contribution in [0.2, 0.25) is 0 Å². The highest BCUT2D eigenvalue weighted by molar-refractivity contribution is 7.88. The number of sulfonamides is 1. The van der Waals surface area contributed by atoms with E-state index in [1.54, 1.807) is 13.8 Å². The van der Waals surface area contributed by atoms with Crippen molar-refractivity contribution in [3.05, 3.63) is 0 Å². The SMILES string of the molecule is CCC(C)(CNC(=O)N1CCN(S(C)(=O)=O)CC1)C(=O)O. The molecule has 2 amide bonds. The number of carboxylic acids is 1. The highest BCUT2D eigenvalue weighted by atomic mass is 32.2. The first-order valence-corrected chi connectivity index (χ1v) is 8.66. The number of piperazine rings is 1. The number of carbonyl (C=O) groups is 2. The van der Waals surface area contributed by atoms with E-state index in [9.17, 15) is 18.0 Å². The number of carbonyl (C=O) groups excluding carboxylic acids is 1. The normalized spacial score (nSPS) is 19.9. The monoisotopic (exact) mass is 321 g/mol. The van der Waals surface area contributed by atoms with E-state index in [1.165, 1.54) is 9.21 Å². The minimum atomic E-state index is -3.23. The van der Waals surface area contributed by atoms with E-state index in [0.29, 0.717) is 19.5 Å². The number of hydrogen-bond donors (Lipinski definition) is 2. The lowest BCUT2D eigenvalue weighted by Gasteiger charge is -2.34. The fraction of sp³-hybridized carbons (Fsp3) is 0.833. The first-order chi connectivity index (χ1) is 9.60. The Kier molecular flexibility index (Phi) is 5.57. The summed E-state index contributed by atoms with van der Waals surface area (Å²) in [6, 6.07) is -0.357. The molecule has 0 aromatic rings. The van der Waals surface area contributed by atoms with Crippen LogP contribution < -0.4 is 5.32 Å². The van der Waals surface area contributed by atoms with Crippen LogP contribution in [0.4, 0.5) is 4.79 Å². The van der Waals surface area contributed by atoms with Crippen LogP contribution in [-0.4, -0.2) is 73.7 Å². The molecule has 21 heavy (non-hydrogen) atoms. The summed E-state index contributed by atoms with van der Waals surface area (Å²) >= 11 is 0. The highest BCUT2D eigenvalue weighted by Crippen LogP contribution is 2.20. The number of amides is 2. The third-order valence-corrected chi connectivity index (χ3v) is 5.22. The van der Waals surface area contributed by atoms with E-state index in [1.807, 2.05) is 0 Å². The minimum absolute atomic E-state index is 0.0456. The molecule has 0 aliphatic carbocycles. The van der Waals surface area contributed by atoms with Gasteiger partial charge in [-0.1, -0.05) is 6.92 Å². The molecule has 0 saturated carbocycles. The minimum Gasteiger partial charge on any atom is -0.481 e. The zero-order chi connectivity index (χ0) is 16.3. The lowest BCUT2D eigenvalue weighted by molar-refractivity contribution is -0.147. The smallest absolute Gasteiger partial charge is 0.317 e. The van der Waals surface area contributed by atoms with Crippen molar-refractivity contribution in [3.8, 4) is 0 Å². The van der Waals surface area contributed by atoms with Crippen LogP contribution in [0.5, 0.6) is 0 Å². The molecule has 9 heteroatoms. The van der Waals surface area contributed by atoms with Gasteiger partial charge in [0.25, 0.3) is 0 Å². The average molecular weight is 321 g/mol. The number of carboxylic acid groups (broad SMARTS) is 1. The summed E-state index contributed by atoms with van der Waals surface area (Å²) in [4.78, 5) is 24.6. The summed E-state index contributed by atoms with van der Waals surface area (Å²) in [5.41, 5.74) is -0.996. The van der Waals surface area contributed by atoms with Gasteiger partial charge in [-0.2, -0.15) is 4.31 Å². The maximum atomic E-state index is 12.0. The van der Waals surface area contributed by atoms with Gasteiger partial charge >= 0.3 is 12.0 Å². The second kappa shape index (κ2) is 6.61. The van der Waals surface area contributed by atoms with E-state index in [2.05, 4.69) is 5.32 Å². The zero-order valence-electron chi connectivity index (χ0n) is 12.6. The summed E-state index contributed by atoms with van der Waals surface area (Å²) in [6.07, 6.45) is 1.55. The molecule has 1 rings (SSSR count). The van der Waals surface area contributed by atoms with Crippen LogP contribution in [0.1, 0.15) is 20.3 Å². The van der Waals surface area contributed by atoms with Gasteiger partial charge in [0, 0.05) is 32.7 Å². The molecule has 1 fully saturated rings. The van der Waals surface area contributed by atoms with Gasteiger partial charge in [-0.15, -0.1) is 0 Å². The molecule has 1 aliphatic heterocycles. The van der Waals surface area contributed by atoms with Crippen LogP contribution in [0.3, 0.4) is 0 Å². The van der Waals surface area contributed by atoms with Gasteiger partial charge in [0.15, 0.2) is 0 Å². The molecular weight excluding hydrogens is 298 g/mol. The van der Waals surface area contributed by atoms with Gasteiger partial charge in [0.05, 0.1) is 11.7 Å². The van der Waals surface area contributed by atoms with Crippen molar-refractivity contribution in [1.82, 2.24) is 14.5 Å². The van der Waals surface area contributed by atoms with E-state index < -0.39 is 21.4 Å². The second-order valence-corrected chi connectivity index (χ2v) is 7.51. The van der Waals surface area contributed by atoms with Crippen molar-refractivity contribution < 1.29 is 23.1 Å². The first kappa shape index (κ1) is 17.7. The number of aliphatic carboxylic acids is 1. The Labute approximate surface area is 125 Å². The van der Waals surface area contributed by atoms with Gasteiger partial charge in [-0.25, -0.2) is 13.2 Å². The standard InChI is InChI=1S/C12H23N3O5S/c1-4-12(2,10(16)17)9-13-11(18)14-5-7-15(8-6-14)21(3,19)20/h4-9H2,1-3H3,(H,13,18)(H,16,17). The molecule has 0 bridgehead atoms. The Hall–Kier alpha value is -1.35. The van der Waals surface area contributed by atoms with Crippen molar-refractivity contribution in [2.75, 3.05) is 39.0 Å². The predicted molar refractivity (Wildman–Crippen MR) is 77.4 cm³/mol. The Morgan fingerprint density at radius 2 is 1.76 bits per heavy atom. The number of nitrogens with zero attached hydrogens (tertiary/aromatic N) is 2. The van der Waals surface area contributed by atoms with Gasteiger partial charge in [-0.3, -0.25) is 4.79 Å². The molecular formula is C12H23N3O5S. The van der Waals surface area contributed by atoms with Gasteiger partial charge in [-0.05, 0) is 13.3 Å². The van der Waals surface area contributed by atoms with E-state index in [-0.39, 0.29) is 25.7 Å². The zero-order valence-corrected chi connectivity index (χ0v) is 13.4. The van der Waals surface area contributed by atoms with Crippen molar-refractivity contribution in [3.63, 3.8) is 0 Å². The summed E-state index contributed by atoms with van der Waals surface area (Å²) in [7, 11) is -3.23. The van der Waals surface area contributed by atoms with Crippen LogP contribution >= 0.6 is 0 Å². The topological polar surface area (TPSA) is 107 Å². The highest BCUT2D eigenvalue weighted by Gasteiger charge is 2.33. The fourth-order valence-corrected chi connectivity index (χ4v) is 2.78. The Morgan fingerprint density at radius 1 is 1.24 bits per heavy atom. The maximum absolute atomic E-state index is 12.0. The molecule has 1 unspecified atom stereocenters. The van der Waals surface area contributed by atoms with Gasteiger partial charge in [0.1, 0.15) is 0 Å². The molecule has 0 spiro atoms. The largest absolute Gasteiger partial charge is 0.481 e. The van der Waals surface area contributed by atoms with Crippen molar-refractivity contribution in [2.45, 2.75) is 20.3 Å². The molecule has 2 N–H and O–H groups in total. The summed E-state index contributed by atoms with van der Waals surface area (Å²) in [5, 5.41) is 11.8. The van der Waals surface area contributed by atoms with E-state index in [0.717, 1.165) is 6.26 Å². The molecule has 122 valence electrons. The molecule has 0 aromatic carbocycles. The quantitative estimate of drug-likeness (QED) is 0.727. The molecule has 0 radical (unpaired) electrons. The lowest BCUT2D eigenvalue weighted by atomic mass is 9.88. The van der Waals surface area contributed by atoms with Gasteiger partial charge < -0.3 is 15.3 Å². The van der Waals surface area contributed by atoms with Crippen LogP contribution in [-0.2, 0) is 14.8 Å². The van der Waals surface area contributed by atoms with Gasteiger partial charge in [0.2, 0.25) is 10.0 Å². The molecule has 1 aliphatic rings. The van der Waals surface area contributed by atoms with Crippen LogP contribution in [0, 0.1) is 5.41 Å². The molecule has 8 nitrogen and oxygen atoms in total. The Balaban J connectivity index is 2.50. The van der Waals surface area contributed by atoms with Crippen LogP contribution in [0.15, 0.2) is 0 Å². The molecule has 1 atom stereocenters. The molecule has 0 aromatic heterocycles. The third kappa shape index (κ3) is 4.57. The van der Waals surface area contributed by atoms with Crippen LogP contribution in [0.25, 0.3) is 0 Å². The lowest BCUT2D eigenvalue weighted by Crippen LogP contribution is -2.54. The second-order valence-electron chi connectivity index (χ2n) is 5.53. The number of rotatable bonds is 5. The molecule has 1 heterocycles. The van der Waals surface area contributed by atoms with E-state index in [4.69, 9.17) is 5.11 Å². The Bertz CT molecular complexity index is 499. The maximum Gasteiger partial charge on any atom is 0.317 e. The van der Waals surface area contributed by atoms with Crippen molar-refractivity contribution >= 4 is 22.0 Å². The Morgan fingerprint density at radius 3 is 2.14 bits per heavy atom. The average Bonchev–Trinajstić information content (AvgIpc) is 2.43.